The maximum atomic E-state index is 5.78. The highest BCUT2D eigenvalue weighted by atomic mass is 16.5. The topological polar surface area (TPSA) is 38.5 Å². The number of benzene rings is 1. The molecule has 0 aromatic heterocycles. The van der Waals surface area contributed by atoms with Crippen LogP contribution in [0.25, 0.3) is 0 Å². The highest BCUT2D eigenvalue weighted by molar-refractivity contribution is 5.43. The number of hydrogen-bond donors (Lipinski definition) is 1. The van der Waals surface area contributed by atoms with Crippen LogP contribution in [0.4, 0.5) is 5.69 Å². The third kappa shape index (κ3) is 3.39. The van der Waals surface area contributed by atoms with E-state index in [0.29, 0.717) is 0 Å². The van der Waals surface area contributed by atoms with Gasteiger partial charge in [0.1, 0.15) is 12.4 Å². The van der Waals surface area contributed by atoms with E-state index < -0.39 is 0 Å². The van der Waals surface area contributed by atoms with Crippen molar-refractivity contribution in [2.75, 3.05) is 25.4 Å². The first-order valence-corrected chi connectivity index (χ1v) is 7.03. The zero-order chi connectivity index (χ0) is 12.4. The van der Waals surface area contributed by atoms with Crippen molar-refractivity contribution in [3.63, 3.8) is 0 Å². The van der Waals surface area contributed by atoms with Crippen LogP contribution < -0.4 is 10.5 Å². The molecule has 0 bridgehead atoms. The summed E-state index contributed by atoms with van der Waals surface area (Å²) in [6.07, 6.45) is 5.62. The monoisotopic (exact) mass is 246 g/mol. The normalized spacial score (nSPS) is 19.2. The summed E-state index contributed by atoms with van der Waals surface area (Å²) in [6, 6.07) is 8.53. The predicted octanol–water partition coefficient (Wildman–Crippen LogP) is 2.52. The SMILES string of the molecule is Nc1cccc(OCCN(CC2CC2)C2CC2)c1. The highest BCUT2D eigenvalue weighted by Crippen LogP contribution is 2.34. The molecule has 0 amide bonds. The molecule has 2 N–H and O–H groups in total. The second-order valence-electron chi connectivity index (χ2n) is 5.59. The van der Waals surface area contributed by atoms with Crippen LogP contribution in [-0.4, -0.2) is 30.6 Å². The van der Waals surface area contributed by atoms with E-state index in [-0.39, 0.29) is 0 Å². The lowest BCUT2D eigenvalue weighted by atomic mass is 10.3. The molecule has 0 atom stereocenters. The maximum absolute atomic E-state index is 5.78. The first-order chi connectivity index (χ1) is 8.81. The van der Waals surface area contributed by atoms with Gasteiger partial charge < -0.3 is 10.5 Å². The average Bonchev–Trinajstić information content (AvgIpc) is 3.22. The molecule has 2 saturated carbocycles. The molecule has 3 heteroatoms. The second kappa shape index (κ2) is 5.19. The maximum Gasteiger partial charge on any atom is 0.121 e. The van der Waals surface area contributed by atoms with Gasteiger partial charge in [0.2, 0.25) is 0 Å². The number of rotatable bonds is 7. The molecule has 3 nitrogen and oxygen atoms in total. The standard InChI is InChI=1S/C15H22N2O/c16-13-2-1-3-15(10-13)18-9-8-17(14-6-7-14)11-12-4-5-12/h1-3,10,12,14H,4-9,11,16H2. The van der Waals surface area contributed by atoms with Gasteiger partial charge >= 0.3 is 0 Å². The minimum atomic E-state index is 0.768. The molecule has 1 aromatic carbocycles. The van der Waals surface area contributed by atoms with E-state index in [4.69, 9.17) is 10.5 Å². The molecule has 2 aliphatic rings. The Bertz CT molecular complexity index is 399. The van der Waals surface area contributed by atoms with Crippen LogP contribution in [-0.2, 0) is 0 Å². The largest absolute Gasteiger partial charge is 0.492 e. The van der Waals surface area contributed by atoms with Gasteiger partial charge in [-0.1, -0.05) is 6.07 Å². The first kappa shape index (κ1) is 11.8. The van der Waals surface area contributed by atoms with Gasteiger partial charge in [-0.2, -0.15) is 0 Å². The van der Waals surface area contributed by atoms with Gasteiger partial charge in [0.25, 0.3) is 0 Å². The molecule has 0 spiro atoms. The van der Waals surface area contributed by atoms with Gasteiger partial charge in [-0.25, -0.2) is 0 Å². The Morgan fingerprint density at radius 3 is 2.72 bits per heavy atom. The highest BCUT2D eigenvalue weighted by Gasteiger charge is 2.33. The lowest BCUT2D eigenvalue weighted by molar-refractivity contribution is 0.195. The second-order valence-corrected chi connectivity index (χ2v) is 5.59. The molecule has 3 rings (SSSR count). The van der Waals surface area contributed by atoms with Crippen molar-refractivity contribution in [3.8, 4) is 5.75 Å². The summed E-state index contributed by atoms with van der Waals surface area (Å²) >= 11 is 0. The van der Waals surface area contributed by atoms with Crippen molar-refractivity contribution in [3.05, 3.63) is 24.3 Å². The Kier molecular flexibility index (Phi) is 3.41. The van der Waals surface area contributed by atoms with Crippen LogP contribution in [0, 0.1) is 5.92 Å². The van der Waals surface area contributed by atoms with Crippen molar-refractivity contribution < 1.29 is 4.74 Å². The van der Waals surface area contributed by atoms with Crippen molar-refractivity contribution in [1.29, 1.82) is 0 Å². The molecular formula is C15H22N2O. The lowest BCUT2D eigenvalue weighted by Gasteiger charge is -2.21. The van der Waals surface area contributed by atoms with Crippen LogP contribution in [0.15, 0.2) is 24.3 Å². The molecule has 0 saturated heterocycles. The van der Waals surface area contributed by atoms with Gasteiger partial charge in [0.05, 0.1) is 0 Å². The minimum absolute atomic E-state index is 0.768. The minimum Gasteiger partial charge on any atom is -0.492 e. The van der Waals surface area contributed by atoms with Crippen LogP contribution >= 0.6 is 0 Å². The molecule has 2 aliphatic carbocycles. The molecule has 2 fully saturated rings. The number of anilines is 1. The Labute approximate surface area is 109 Å². The van der Waals surface area contributed by atoms with Crippen molar-refractivity contribution in [2.45, 2.75) is 31.7 Å². The predicted molar refractivity (Wildman–Crippen MR) is 73.7 cm³/mol. The van der Waals surface area contributed by atoms with Crippen molar-refractivity contribution in [1.82, 2.24) is 4.90 Å². The van der Waals surface area contributed by atoms with Crippen LogP contribution in [0.2, 0.25) is 0 Å². The number of ether oxygens (including phenoxy) is 1. The smallest absolute Gasteiger partial charge is 0.121 e. The Morgan fingerprint density at radius 1 is 1.22 bits per heavy atom. The van der Waals surface area contributed by atoms with Gasteiger partial charge in [-0.15, -0.1) is 0 Å². The van der Waals surface area contributed by atoms with Crippen LogP contribution in [0.5, 0.6) is 5.75 Å². The fourth-order valence-electron chi connectivity index (χ4n) is 2.38. The zero-order valence-electron chi connectivity index (χ0n) is 10.8. The number of hydrogen-bond acceptors (Lipinski definition) is 3. The summed E-state index contributed by atoms with van der Waals surface area (Å²) in [7, 11) is 0. The van der Waals surface area contributed by atoms with E-state index in [0.717, 1.165) is 36.5 Å². The van der Waals surface area contributed by atoms with E-state index in [9.17, 15) is 0 Å². The van der Waals surface area contributed by atoms with Crippen LogP contribution in [0.1, 0.15) is 25.7 Å². The molecule has 0 unspecified atom stereocenters. The molecule has 0 heterocycles. The summed E-state index contributed by atoms with van der Waals surface area (Å²) in [6.45, 7) is 3.10. The third-order valence-electron chi connectivity index (χ3n) is 3.76. The van der Waals surface area contributed by atoms with E-state index in [1.165, 1.54) is 32.2 Å². The fraction of sp³-hybridized carbons (Fsp3) is 0.600. The fourth-order valence-corrected chi connectivity index (χ4v) is 2.38. The summed E-state index contributed by atoms with van der Waals surface area (Å²) in [5, 5.41) is 0. The molecule has 0 radical (unpaired) electrons. The molecular weight excluding hydrogens is 224 g/mol. The first-order valence-electron chi connectivity index (χ1n) is 7.03. The third-order valence-corrected chi connectivity index (χ3v) is 3.76. The lowest BCUT2D eigenvalue weighted by Crippen LogP contribution is -2.32. The number of nitrogens with zero attached hydrogens (tertiary/aromatic N) is 1. The molecule has 1 aromatic rings. The summed E-state index contributed by atoms with van der Waals surface area (Å²) in [5.74, 6) is 1.86. The van der Waals surface area contributed by atoms with Gasteiger partial charge in [0.15, 0.2) is 0 Å². The van der Waals surface area contributed by atoms with E-state index in [1.807, 2.05) is 24.3 Å². The van der Waals surface area contributed by atoms with Gasteiger partial charge in [-0.05, 0) is 43.7 Å². The Hall–Kier alpha value is -1.22. The van der Waals surface area contributed by atoms with Gasteiger partial charge in [0, 0.05) is 30.9 Å². The summed E-state index contributed by atoms with van der Waals surface area (Å²) in [5.41, 5.74) is 6.50. The summed E-state index contributed by atoms with van der Waals surface area (Å²) in [4.78, 5) is 2.62. The number of nitrogens with two attached hydrogens (primary N) is 1. The summed E-state index contributed by atoms with van der Waals surface area (Å²) < 4.78 is 5.78. The quantitative estimate of drug-likeness (QED) is 0.751. The van der Waals surface area contributed by atoms with Crippen molar-refractivity contribution >= 4 is 5.69 Å². The molecule has 98 valence electrons. The van der Waals surface area contributed by atoms with E-state index >= 15 is 0 Å². The Balaban J connectivity index is 1.44. The van der Waals surface area contributed by atoms with E-state index in [2.05, 4.69) is 4.90 Å². The zero-order valence-corrected chi connectivity index (χ0v) is 10.8. The van der Waals surface area contributed by atoms with Crippen LogP contribution in [0.3, 0.4) is 0 Å². The number of nitrogen functional groups attached to an aromatic ring is 1. The average molecular weight is 246 g/mol. The Morgan fingerprint density at radius 2 is 2.06 bits per heavy atom. The van der Waals surface area contributed by atoms with E-state index in [1.54, 1.807) is 0 Å². The molecule has 0 aliphatic heterocycles. The van der Waals surface area contributed by atoms with Crippen molar-refractivity contribution in [2.24, 2.45) is 5.92 Å². The van der Waals surface area contributed by atoms with Gasteiger partial charge in [-0.3, -0.25) is 4.90 Å². The molecule has 18 heavy (non-hydrogen) atoms.